The van der Waals surface area contributed by atoms with Gasteiger partial charge in [-0.3, -0.25) is 4.79 Å². The maximum absolute atomic E-state index is 10.8. The predicted molar refractivity (Wildman–Crippen MR) is 49.9 cm³/mol. The summed E-state index contributed by atoms with van der Waals surface area (Å²) < 4.78 is 0. The van der Waals surface area contributed by atoms with E-state index in [2.05, 4.69) is 11.8 Å². The maximum Gasteiger partial charge on any atom is 0.178 e. The third-order valence-corrected chi connectivity index (χ3v) is 1.37. The second kappa shape index (κ2) is 4.35. The van der Waals surface area contributed by atoms with Crippen LogP contribution in [0.2, 0.25) is 0 Å². The normalized spacial score (nSPS) is 8.42. The summed E-state index contributed by atoms with van der Waals surface area (Å²) in [6.45, 7) is 2.00. The van der Waals surface area contributed by atoms with Gasteiger partial charge in [-0.25, -0.2) is 0 Å². The minimum atomic E-state index is 0.0135. The average molecular weight is 158 g/mol. The van der Waals surface area contributed by atoms with Gasteiger partial charge in [0.25, 0.3) is 0 Å². The van der Waals surface area contributed by atoms with Crippen LogP contribution in [0.5, 0.6) is 0 Å². The summed E-state index contributed by atoms with van der Waals surface area (Å²) in [4.78, 5) is 10.8. The highest BCUT2D eigenvalue weighted by atomic mass is 16.1. The molecular weight excluding hydrogens is 148 g/mol. The topological polar surface area (TPSA) is 17.1 Å². The molecule has 1 rings (SSSR count). The van der Waals surface area contributed by atoms with Gasteiger partial charge in [0, 0.05) is 12.0 Å². The van der Waals surface area contributed by atoms with Crippen molar-refractivity contribution >= 4 is 0 Å². The molecule has 0 bridgehead atoms. The summed E-state index contributed by atoms with van der Waals surface area (Å²) in [7, 11) is 0. The minimum Gasteiger partial charge on any atom is -0.290 e. The fourth-order valence-electron chi connectivity index (χ4n) is 0.803. The zero-order valence-corrected chi connectivity index (χ0v) is 7.00. The molecule has 60 valence electrons. The van der Waals surface area contributed by atoms with Crippen LogP contribution < -0.4 is 5.43 Å². The van der Waals surface area contributed by atoms with Crippen LogP contribution in [0, 0.1) is 11.8 Å². The molecule has 0 unspecified atom stereocenters. The van der Waals surface area contributed by atoms with Crippen molar-refractivity contribution in [2.24, 2.45) is 0 Å². The molecule has 1 aromatic carbocycles. The van der Waals surface area contributed by atoms with Gasteiger partial charge in [0.05, 0.1) is 0 Å². The fourth-order valence-corrected chi connectivity index (χ4v) is 0.803. The molecule has 0 fully saturated rings. The van der Waals surface area contributed by atoms with E-state index in [1.165, 1.54) is 12.1 Å². The molecule has 0 radical (unpaired) electrons. The van der Waals surface area contributed by atoms with E-state index in [-0.39, 0.29) is 5.43 Å². The van der Waals surface area contributed by atoms with E-state index >= 15 is 0 Å². The molecule has 0 saturated carbocycles. The van der Waals surface area contributed by atoms with Crippen LogP contribution in [0.15, 0.2) is 35.1 Å². The molecule has 0 amide bonds. The number of hydrogen-bond donors (Lipinski definition) is 0. The summed E-state index contributed by atoms with van der Waals surface area (Å²) >= 11 is 0. The molecule has 0 aliphatic rings. The second-order valence-corrected chi connectivity index (χ2v) is 2.37. The second-order valence-electron chi connectivity index (χ2n) is 2.37. The predicted octanol–water partition coefficient (Wildman–Crippen LogP) is 1.81. The Morgan fingerprint density at radius 2 is 2.08 bits per heavy atom. The smallest absolute Gasteiger partial charge is 0.178 e. The van der Waals surface area contributed by atoms with E-state index in [1.54, 1.807) is 12.1 Å². The van der Waals surface area contributed by atoms with E-state index in [0.29, 0.717) is 0 Å². The first-order valence-electron chi connectivity index (χ1n) is 3.92. The van der Waals surface area contributed by atoms with Crippen LogP contribution in [-0.4, -0.2) is 0 Å². The van der Waals surface area contributed by atoms with Crippen LogP contribution in [-0.2, 0) is 0 Å². The van der Waals surface area contributed by atoms with Gasteiger partial charge in [-0.05, 0) is 24.3 Å². The summed E-state index contributed by atoms with van der Waals surface area (Å²) in [6, 6.07) is 8.36. The van der Waals surface area contributed by atoms with Gasteiger partial charge >= 0.3 is 0 Å². The minimum absolute atomic E-state index is 0.0135. The molecule has 1 aromatic rings. The lowest BCUT2D eigenvalue weighted by molar-refractivity contribution is 1.28. The largest absolute Gasteiger partial charge is 0.290 e. The molecular formula is C11H10O. The summed E-state index contributed by atoms with van der Waals surface area (Å²) in [5, 5.41) is 0. The summed E-state index contributed by atoms with van der Waals surface area (Å²) in [5.74, 6) is 5.90. The molecule has 12 heavy (non-hydrogen) atoms. The Hall–Kier alpha value is -1.55. The van der Waals surface area contributed by atoms with Crippen molar-refractivity contribution in [2.75, 3.05) is 0 Å². The summed E-state index contributed by atoms with van der Waals surface area (Å²) in [5.41, 5.74) is 0.901. The Bertz CT molecular complexity index is 369. The third kappa shape index (κ3) is 2.59. The zero-order valence-electron chi connectivity index (χ0n) is 7.00. The van der Waals surface area contributed by atoms with Crippen molar-refractivity contribution in [2.45, 2.75) is 13.3 Å². The molecule has 0 atom stereocenters. The van der Waals surface area contributed by atoms with Crippen molar-refractivity contribution in [3.05, 3.63) is 46.1 Å². The van der Waals surface area contributed by atoms with Crippen LogP contribution in [0.4, 0.5) is 0 Å². The lowest BCUT2D eigenvalue weighted by atomic mass is 10.3. The first-order chi connectivity index (χ1) is 5.83. The highest BCUT2D eigenvalue weighted by molar-refractivity contribution is 5.32. The zero-order chi connectivity index (χ0) is 8.81. The van der Waals surface area contributed by atoms with Crippen LogP contribution in [0.25, 0.3) is 0 Å². The monoisotopic (exact) mass is 158 g/mol. The molecule has 1 heteroatoms. The van der Waals surface area contributed by atoms with Gasteiger partial charge in [0.2, 0.25) is 0 Å². The van der Waals surface area contributed by atoms with Crippen molar-refractivity contribution in [1.29, 1.82) is 0 Å². The average Bonchev–Trinajstić information content (AvgIpc) is 2.27. The van der Waals surface area contributed by atoms with Crippen LogP contribution in [0.3, 0.4) is 0 Å². The Morgan fingerprint density at radius 1 is 1.25 bits per heavy atom. The molecule has 0 aliphatic carbocycles. The van der Waals surface area contributed by atoms with Crippen molar-refractivity contribution in [1.82, 2.24) is 0 Å². The molecule has 0 saturated heterocycles. The first kappa shape index (κ1) is 8.55. The van der Waals surface area contributed by atoms with Gasteiger partial charge in [-0.1, -0.05) is 24.8 Å². The van der Waals surface area contributed by atoms with E-state index in [0.717, 1.165) is 12.0 Å². The fraction of sp³-hybridized carbons (Fsp3) is 0.182. The van der Waals surface area contributed by atoms with Gasteiger partial charge in [0.15, 0.2) is 5.43 Å². The molecule has 0 aromatic heterocycles. The molecule has 0 N–H and O–H groups in total. The van der Waals surface area contributed by atoms with E-state index < -0.39 is 0 Å². The number of hydrogen-bond acceptors (Lipinski definition) is 1. The van der Waals surface area contributed by atoms with Crippen molar-refractivity contribution in [3.8, 4) is 11.8 Å². The van der Waals surface area contributed by atoms with E-state index in [9.17, 15) is 4.79 Å². The van der Waals surface area contributed by atoms with Gasteiger partial charge in [-0.2, -0.15) is 0 Å². The van der Waals surface area contributed by atoms with Crippen LogP contribution in [0.1, 0.15) is 18.9 Å². The Labute approximate surface area is 72.1 Å². The highest BCUT2D eigenvalue weighted by Crippen LogP contribution is 1.90. The summed E-state index contributed by atoms with van der Waals surface area (Å²) in [6.07, 6.45) is 0.836. The van der Waals surface area contributed by atoms with Crippen molar-refractivity contribution in [3.63, 3.8) is 0 Å². The third-order valence-electron chi connectivity index (χ3n) is 1.37. The number of rotatable bonds is 0. The lowest BCUT2D eigenvalue weighted by Crippen LogP contribution is -1.87. The SMILES string of the molecule is CCC#Cc1cccc(=O)cc1. The van der Waals surface area contributed by atoms with Gasteiger partial charge < -0.3 is 0 Å². The Balaban J connectivity index is 3.05. The first-order valence-corrected chi connectivity index (χ1v) is 3.92. The molecule has 1 nitrogen and oxygen atoms in total. The van der Waals surface area contributed by atoms with Gasteiger partial charge in [-0.15, -0.1) is 0 Å². The molecule has 0 aliphatic heterocycles. The maximum atomic E-state index is 10.8. The highest BCUT2D eigenvalue weighted by Gasteiger charge is 1.81. The van der Waals surface area contributed by atoms with Gasteiger partial charge in [0.1, 0.15) is 0 Å². The van der Waals surface area contributed by atoms with Crippen molar-refractivity contribution < 1.29 is 0 Å². The standard InChI is InChI=1S/C11H10O/c1-2-3-5-10-6-4-7-11(12)9-8-10/h4,6-9H,2H2,1H3. The lowest BCUT2D eigenvalue weighted by Gasteiger charge is -1.78. The Morgan fingerprint density at radius 3 is 2.83 bits per heavy atom. The Kier molecular flexibility index (Phi) is 3.10. The van der Waals surface area contributed by atoms with Crippen LogP contribution >= 0.6 is 0 Å². The van der Waals surface area contributed by atoms with E-state index in [4.69, 9.17) is 0 Å². The van der Waals surface area contributed by atoms with E-state index in [1.807, 2.05) is 13.0 Å². The molecule has 0 heterocycles. The molecule has 0 spiro atoms. The quantitative estimate of drug-likeness (QED) is 0.526.